The number of para-hydroxylation sites is 1. The Morgan fingerprint density at radius 3 is 2.74 bits per heavy atom. The van der Waals surface area contributed by atoms with E-state index in [-0.39, 0.29) is 0 Å². The van der Waals surface area contributed by atoms with E-state index in [2.05, 4.69) is 48.4 Å². The Kier molecular flexibility index (Phi) is 6.05. The number of hydrogen-bond acceptors (Lipinski definition) is 3. The van der Waals surface area contributed by atoms with Gasteiger partial charge >= 0.3 is 0 Å². The maximum atomic E-state index is 5.76. The van der Waals surface area contributed by atoms with Gasteiger partial charge in [-0.05, 0) is 56.7 Å². The fourth-order valence-corrected chi connectivity index (χ4v) is 3.98. The minimum Gasteiger partial charge on any atom is -0.494 e. The lowest BCUT2D eigenvalue weighted by Crippen LogP contribution is -2.22. The quantitative estimate of drug-likeness (QED) is 0.854. The van der Waals surface area contributed by atoms with Gasteiger partial charge < -0.3 is 10.1 Å². The molecule has 1 N–H and O–H groups in total. The number of rotatable bonds is 6. The highest BCUT2D eigenvalue weighted by molar-refractivity contribution is 7.99. The molecule has 1 aliphatic rings. The number of thioether (sulfide) groups is 1. The molecular formula is C16H25NOS. The zero-order valence-electron chi connectivity index (χ0n) is 12.0. The summed E-state index contributed by atoms with van der Waals surface area (Å²) in [6, 6.07) is 8.86. The van der Waals surface area contributed by atoms with Crippen molar-refractivity contribution in [1.29, 1.82) is 0 Å². The van der Waals surface area contributed by atoms with E-state index >= 15 is 0 Å². The van der Waals surface area contributed by atoms with Gasteiger partial charge in [-0.2, -0.15) is 11.8 Å². The molecule has 2 nitrogen and oxygen atoms in total. The van der Waals surface area contributed by atoms with Gasteiger partial charge in [0, 0.05) is 11.6 Å². The summed E-state index contributed by atoms with van der Waals surface area (Å²) in [6.07, 6.45) is 3.94. The van der Waals surface area contributed by atoms with Crippen LogP contribution in [0.15, 0.2) is 24.3 Å². The molecule has 1 aromatic carbocycles. The van der Waals surface area contributed by atoms with Crippen molar-refractivity contribution in [3.8, 4) is 5.75 Å². The third-order valence-corrected chi connectivity index (χ3v) is 4.90. The molecule has 19 heavy (non-hydrogen) atoms. The summed E-state index contributed by atoms with van der Waals surface area (Å²) in [4.78, 5) is 0. The highest BCUT2D eigenvalue weighted by Crippen LogP contribution is 2.34. The van der Waals surface area contributed by atoms with Crippen molar-refractivity contribution < 1.29 is 4.74 Å². The Morgan fingerprint density at radius 2 is 2.05 bits per heavy atom. The van der Waals surface area contributed by atoms with Crippen LogP contribution in [-0.2, 0) is 0 Å². The zero-order chi connectivity index (χ0) is 13.5. The molecule has 0 bridgehead atoms. The van der Waals surface area contributed by atoms with E-state index in [1.165, 1.54) is 36.3 Å². The number of hydrogen-bond donors (Lipinski definition) is 1. The summed E-state index contributed by atoms with van der Waals surface area (Å²) in [7, 11) is 2.06. The van der Waals surface area contributed by atoms with Crippen molar-refractivity contribution in [1.82, 2.24) is 5.32 Å². The molecule has 1 unspecified atom stereocenters. The van der Waals surface area contributed by atoms with Crippen molar-refractivity contribution in [2.45, 2.75) is 32.2 Å². The normalized spacial score (nSPS) is 18.2. The number of ether oxygens (including phenoxy) is 1. The average Bonchev–Trinajstić information content (AvgIpc) is 2.47. The van der Waals surface area contributed by atoms with Gasteiger partial charge in [0.2, 0.25) is 0 Å². The molecule has 2 rings (SSSR count). The van der Waals surface area contributed by atoms with E-state index < -0.39 is 0 Å². The lowest BCUT2D eigenvalue weighted by Gasteiger charge is -2.27. The molecule has 1 fully saturated rings. The van der Waals surface area contributed by atoms with E-state index in [1.54, 1.807) is 0 Å². The minimum atomic E-state index is 0.413. The molecule has 1 atom stereocenters. The van der Waals surface area contributed by atoms with Crippen LogP contribution in [-0.4, -0.2) is 25.2 Å². The summed E-state index contributed by atoms with van der Waals surface area (Å²) in [5.74, 6) is 4.55. The number of nitrogens with one attached hydrogen (secondary N) is 1. The predicted octanol–water partition coefficient (Wildman–Crippen LogP) is 3.88. The Bertz CT molecular complexity index is 377. The molecule has 0 spiro atoms. The Hall–Kier alpha value is -0.670. The van der Waals surface area contributed by atoms with Gasteiger partial charge in [0.25, 0.3) is 0 Å². The third kappa shape index (κ3) is 4.15. The van der Waals surface area contributed by atoms with Crippen LogP contribution < -0.4 is 10.1 Å². The first kappa shape index (κ1) is 14.7. The fourth-order valence-electron chi connectivity index (χ4n) is 2.77. The summed E-state index contributed by atoms with van der Waals surface area (Å²) < 4.78 is 5.76. The van der Waals surface area contributed by atoms with Crippen LogP contribution in [0.1, 0.15) is 37.8 Å². The van der Waals surface area contributed by atoms with E-state index in [1.807, 2.05) is 6.92 Å². The van der Waals surface area contributed by atoms with Gasteiger partial charge in [0.05, 0.1) is 6.61 Å². The summed E-state index contributed by atoms with van der Waals surface area (Å²) >= 11 is 2.10. The predicted molar refractivity (Wildman–Crippen MR) is 84.1 cm³/mol. The van der Waals surface area contributed by atoms with Crippen molar-refractivity contribution in [2.75, 3.05) is 25.2 Å². The molecule has 0 aliphatic carbocycles. The minimum absolute atomic E-state index is 0.413. The second kappa shape index (κ2) is 7.81. The van der Waals surface area contributed by atoms with E-state index in [0.29, 0.717) is 6.04 Å². The largest absolute Gasteiger partial charge is 0.494 e. The van der Waals surface area contributed by atoms with Crippen molar-refractivity contribution in [2.24, 2.45) is 5.92 Å². The molecule has 0 saturated carbocycles. The van der Waals surface area contributed by atoms with E-state index in [9.17, 15) is 0 Å². The molecule has 0 radical (unpaired) electrons. The first-order chi connectivity index (χ1) is 9.35. The highest BCUT2D eigenvalue weighted by atomic mass is 32.2. The van der Waals surface area contributed by atoms with Gasteiger partial charge in [-0.1, -0.05) is 18.2 Å². The van der Waals surface area contributed by atoms with Crippen LogP contribution in [0, 0.1) is 5.92 Å². The maximum Gasteiger partial charge on any atom is 0.124 e. The standard InChI is InChI=1S/C16H25NOS/c1-3-18-16-7-5-4-6-14(16)15(17-2)12-13-8-10-19-11-9-13/h4-7,13,15,17H,3,8-12H2,1-2H3. The number of benzene rings is 1. The molecule has 1 aliphatic heterocycles. The molecule has 0 aromatic heterocycles. The van der Waals surface area contributed by atoms with Crippen LogP contribution in [0.5, 0.6) is 5.75 Å². The zero-order valence-corrected chi connectivity index (χ0v) is 12.8. The van der Waals surface area contributed by atoms with Crippen LogP contribution >= 0.6 is 11.8 Å². The Labute approximate surface area is 121 Å². The van der Waals surface area contributed by atoms with Crippen molar-refractivity contribution >= 4 is 11.8 Å². The Morgan fingerprint density at radius 1 is 1.32 bits per heavy atom. The molecule has 1 aromatic rings. The molecule has 3 heteroatoms. The van der Waals surface area contributed by atoms with E-state index in [0.717, 1.165) is 18.3 Å². The van der Waals surface area contributed by atoms with Gasteiger partial charge in [-0.3, -0.25) is 0 Å². The first-order valence-electron chi connectivity index (χ1n) is 7.31. The van der Waals surface area contributed by atoms with Gasteiger partial charge in [0.1, 0.15) is 5.75 Å². The monoisotopic (exact) mass is 279 g/mol. The first-order valence-corrected chi connectivity index (χ1v) is 8.47. The molecule has 0 amide bonds. The van der Waals surface area contributed by atoms with Crippen molar-refractivity contribution in [3.05, 3.63) is 29.8 Å². The average molecular weight is 279 g/mol. The van der Waals surface area contributed by atoms with Crippen LogP contribution in [0.25, 0.3) is 0 Å². The third-order valence-electron chi connectivity index (χ3n) is 3.85. The Balaban J connectivity index is 2.07. The lowest BCUT2D eigenvalue weighted by molar-refractivity contribution is 0.323. The molecular weight excluding hydrogens is 254 g/mol. The second-order valence-corrected chi connectivity index (χ2v) is 6.33. The van der Waals surface area contributed by atoms with Crippen LogP contribution in [0.4, 0.5) is 0 Å². The SMILES string of the molecule is CCOc1ccccc1C(CC1CCSCC1)NC. The summed E-state index contributed by atoms with van der Waals surface area (Å²) in [5.41, 5.74) is 1.31. The topological polar surface area (TPSA) is 21.3 Å². The smallest absolute Gasteiger partial charge is 0.124 e. The second-order valence-electron chi connectivity index (χ2n) is 5.10. The van der Waals surface area contributed by atoms with E-state index in [4.69, 9.17) is 4.74 Å². The van der Waals surface area contributed by atoms with Crippen LogP contribution in [0.3, 0.4) is 0 Å². The lowest BCUT2D eigenvalue weighted by atomic mass is 9.90. The molecule has 1 heterocycles. The maximum absolute atomic E-state index is 5.76. The van der Waals surface area contributed by atoms with Crippen LogP contribution in [0.2, 0.25) is 0 Å². The molecule has 106 valence electrons. The fraction of sp³-hybridized carbons (Fsp3) is 0.625. The molecule has 1 saturated heterocycles. The van der Waals surface area contributed by atoms with Crippen molar-refractivity contribution in [3.63, 3.8) is 0 Å². The van der Waals surface area contributed by atoms with Gasteiger partial charge in [-0.25, -0.2) is 0 Å². The van der Waals surface area contributed by atoms with Gasteiger partial charge in [-0.15, -0.1) is 0 Å². The van der Waals surface area contributed by atoms with Gasteiger partial charge in [0.15, 0.2) is 0 Å². The highest BCUT2D eigenvalue weighted by Gasteiger charge is 2.21. The summed E-state index contributed by atoms with van der Waals surface area (Å²) in [6.45, 7) is 2.77. The summed E-state index contributed by atoms with van der Waals surface area (Å²) in [5, 5.41) is 3.48.